The predicted octanol–water partition coefficient (Wildman–Crippen LogP) is 1.96. The highest BCUT2D eigenvalue weighted by atomic mass is 16.2. The minimum absolute atomic E-state index is 0.0259. The Morgan fingerprint density at radius 2 is 1.95 bits per heavy atom. The molecule has 4 heteroatoms. The fraction of sp³-hybridized carbons (Fsp3) is 0.294. The summed E-state index contributed by atoms with van der Waals surface area (Å²) in [6, 6.07) is 13.9. The molecular weight excluding hydrogens is 262 g/mol. The van der Waals surface area contributed by atoms with Gasteiger partial charge in [-0.05, 0) is 24.1 Å². The lowest BCUT2D eigenvalue weighted by Gasteiger charge is -2.17. The lowest BCUT2D eigenvalue weighted by molar-refractivity contribution is 0.0782. The zero-order chi connectivity index (χ0) is 14.8. The van der Waals surface area contributed by atoms with Crippen molar-refractivity contribution in [1.82, 2.24) is 9.88 Å². The first-order valence-corrected chi connectivity index (χ1v) is 7.18. The van der Waals surface area contributed by atoms with Gasteiger partial charge in [0.25, 0.3) is 5.91 Å². The third-order valence-electron chi connectivity index (χ3n) is 4.09. The molecular formula is C17H19N3O. The van der Waals surface area contributed by atoms with Crippen LogP contribution in [0.25, 0.3) is 0 Å². The zero-order valence-corrected chi connectivity index (χ0v) is 12.1. The Bertz CT molecular complexity index is 641. The van der Waals surface area contributed by atoms with E-state index in [0.29, 0.717) is 18.8 Å². The van der Waals surface area contributed by atoms with Crippen LogP contribution in [0.3, 0.4) is 0 Å². The summed E-state index contributed by atoms with van der Waals surface area (Å²) in [7, 11) is 0. The first-order valence-electron chi connectivity index (χ1n) is 7.18. The van der Waals surface area contributed by atoms with Gasteiger partial charge in [0.2, 0.25) is 0 Å². The van der Waals surface area contributed by atoms with Crippen molar-refractivity contribution in [2.75, 3.05) is 13.1 Å². The van der Waals surface area contributed by atoms with Crippen LogP contribution in [0, 0.1) is 6.92 Å². The number of carbonyl (C=O) groups is 1. The number of nitrogens with two attached hydrogens (primary N) is 1. The van der Waals surface area contributed by atoms with E-state index in [9.17, 15) is 4.79 Å². The summed E-state index contributed by atoms with van der Waals surface area (Å²) < 4.78 is 0. The van der Waals surface area contributed by atoms with Crippen molar-refractivity contribution in [1.29, 1.82) is 0 Å². The Morgan fingerprint density at radius 1 is 1.19 bits per heavy atom. The molecule has 0 bridgehead atoms. The molecule has 2 N–H and O–H groups in total. The van der Waals surface area contributed by atoms with E-state index in [1.165, 1.54) is 5.56 Å². The van der Waals surface area contributed by atoms with Gasteiger partial charge in [-0.1, -0.05) is 36.4 Å². The maximum absolute atomic E-state index is 12.6. The molecule has 4 nitrogen and oxygen atoms in total. The van der Waals surface area contributed by atoms with Crippen LogP contribution in [0.1, 0.15) is 27.5 Å². The molecule has 0 spiro atoms. The maximum Gasteiger partial charge on any atom is 0.272 e. The number of benzene rings is 1. The monoisotopic (exact) mass is 281 g/mol. The number of pyridine rings is 1. The summed E-state index contributed by atoms with van der Waals surface area (Å²) in [5.74, 6) is 0.168. The standard InChI is InChI=1S/C17H19N3O/c1-12-6-5-9-19-16(12)17(21)20-10-14(15(18)11-20)13-7-3-2-4-8-13/h2-9,14-15H,10-11,18H2,1H3/t14-,15+/m0/s1. The number of aryl methyl sites for hydroxylation is 1. The summed E-state index contributed by atoms with van der Waals surface area (Å²) in [6.07, 6.45) is 1.66. The van der Waals surface area contributed by atoms with Crippen LogP contribution < -0.4 is 5.73 Å². The molecule has 0 radical (unpaired) electrons. The van der Waals surface area contributed by atoms with Crippen molar-refractivity contribution in [3.05, 3.63) is 65.5 Å². The van der Waals surface area contributed by atoms with Crippen molar-refractivity contribution in [3.63, 3.8) is 0 Å². The second-order valence-electron chi connectivity index (χ2n) is 5.56. The molecule has 2 atom stereocenters. The van der Waals surface area contributed by atoms with Crippen LogP contribution in [0.15, 0.2) is 48.7 Å². The SMILES string of the molecule is Cc1cccnc1C(=O)N1C[C@@H](N)[C@H](c2ccccc2)C1. The molecule has 3 rings (SSSR count). The molecule has 108 valence electrons. The number of carbonyl (C=O) groups excluding carboxylic acids is 1. The van der Waals surface area contributed by atoms with Crippen LogP contribution in [0.2, 0.25) is 0 Å². The quantitative estimate of drug-likeness (QED) is 0.915. The Morgan fingerprint density at radius 3 is 2.67 bits per heavy atom. The largest absolute Gasteiger partial charge is 0.335 e. The molecule has 0 saturated carbocycles. The van der Waals surface area contributed by atoms with E-state index in [4.69, 9.17) is 5.73 Å². The normalized spacial score (nSPS) is 21.5. The summed E-state index contributed by atoms with van der Waals surface area (Å²) in [4.78, 5) is 18.6. The van der Waals surface area contributed by atoms with E-state index >= 15 is 0 Å². The van der Waals surface area contributed by atoms with Gasteiger partial charge in [0.15, 0.2) is 0 Å². The van der Waals surface area contributed by atoms with Crippen molar-refractivity contribution in [3.8, 4) is 0 Å². The first-order chi connectivity index (χ1) is 10.2. The predicted molar refractivity (Wildman–Crippen MR) is 82.0 cm³/mol. The van der Waals surface area contributed by atoms with Crippen LogP contribution in [-0.4, -0.2) is 34.9 Å². The van der Waals surface area contributed by atoms with E-state index in [1.807, 2.05) is 42.2 Å². The molecule has 1 fully saturated rings. The highest BCUT2D eigenvalue weighted by Gasteiger charge is 2.34. The summed E-state index contributed by atoms with van der Waals surface area (Å²) in [6.45, 7) is 3.14. The lowest BCUT2D eigenvalue weighted by Crippen LogP contribution is -2.33. The van der Waals surface area contributed by atoms with Crippen molar-refractivity contribution in [2.24, 2.45) is 5.73 Å². The van der Waals surface area contributed by atoms with Crippen molar-refractivity contribution < 1.29 is 4.79 Å². The number of aromatic nitrogens is 1. The minimum Gasteiger partial charge on any atom is -0.335 e. The zero-order valence-electron chi connectivity index (χ0n) is 12.1. The van der Waals surface area contributed by atoms with Gasteiger partial charge in [-0.15, -0.1) is 0 Å². The molecule has 0 unspecified atom stereocenters. The van der Waals surface area contributed by atoms with E-state index < -0.39 is 0 Å². The smallest absolute Gasteiger partial charge is 0.272 e. The van der Waals surface area contributed by atoms with Gasteiger partial charge in [0.05, 0.1) is 0 Å². The van der Waals surface area contributed by atoms with E-state index in [0.717, 1.165) is 5.56 Å². The van der Waals surface area contributed by atoms with Crippen LogP contribution in [0.5, 0.6) is 0 Å². The number of rotatable bonds is 2. The molecule has 2 aromatic rings. The average Bonchev–Trinajstić information content (AvgIpc) is 2.90. The third kappa shape index (κ3) is 2.67. The fourth-order valence-corrected chi connectivity index (χ4v) is 2.91. The molecule has 1 aliphatic rings. The number of hydrogen-bond donors (Lipinski definition) is 1. The third-order valence-corrected chi connectivity index (χ3v) is 4.09. The molecule has 1 amide bonds. The van der Waals surface area contributed by atoms with Gasteiger partial charge in [0, 0.05) is 31.2 Å². The maximum atomic E-state index is 12.6. The molecule has 1 saturated heterocycles. The lowest BCUT2D eigenvalue weighted by atomic mass is 9.95. The number of likely N-dealkylation sites (tertiary alicyclic amines) is 1. The highest BCUT2D eigenvalue weighted by Crippen LogP contribution is 2.27. The fourth-order valence-electron chi connectivity index (χ4n) is 2.91. The molecule has 2 heterocycles. The van der Waals surface area contributed by atoms with E-state index in [-0.39, 0.29) is 17.9 Å². The number of nitrogens with zero attached hydrogens (tertiary/aromatic N) is 2. The summed E-state index contributed by atoms with van der Waals surface area (Å²) in [5.41, 5.74) is 8.86. The van der Waals surface area contributed by atoms with E-state index in [1.54, 1.807) is 6.20 Å². The van der Waals surface area contributed by atoms with Gasteiger partial charge in [-0.25, -0.2) is 0 Å². The number of amides is 1. The van der Waals surface area contributed by atoms with Crippen LogP contribution >= 0.6 is 0 Å². The molecule has 1 aromatic carbocycles. The average molecular weight is 281 g/mol. The first kappa shape index (κ1) is 13.8. The van der Waals surface area contributed by atoms with Crippen LogP contribution in [0.4, 0.5) is 0 Å². The Balaban J connectivity index is 1.80. The molecule has 21 heavy (non-hydrogen) atoms. The Labute approximate surface area is 124 Å². The number of hydrogen-bond acceptors (Lipinski definition) is 3. The molecule has 1 aliphatic heterocycles. The highest BCUT2D eigenvalue weighted by molar-refractivity contribution is 5.94. The minimum atomic E-state index is -0.0274. The van der Waals surface area contributed by atoms with Crippen LogP contribution in [-0.2, 0) is 0 Å². The second kappa shape index (κ2) is 5.66. The van der Waals surface area contributed by atoms with Crippen molar-refractivity contribution >= 4 is 5.91 Å². The van der Waals surface area contributed by atoms with Gasteiger partial charge in [-0.3, -0.25) is 9.78 Å². The summed E-state index contributed by atoms with van der Waals surface area (Å²) >= 11 is 0. The van der Waals surface area contributed by atoms with Gasteiger partial charge >= 0.3 is 0 Å². The van der Waals surface area contributed by atoms with Gasteiger partial charge in [-0.2, -0.15) is 0 Å². The topological polar surface area (TPSA) is 59.2 Å². The van der Waals surface area contributed by atoms with Gasteiger partial charge < -0.3 is 10.6 Å². The Hall–Kier alpha value is -2.20. The Kier molecular flexibility index (Phi) is 3.71. The molecule has 0 aliphatic carbocycles. The van der Waals surface area contributed by atoms with E-state index in [2.05, 4.69) is 17.1 Å². The second-order valence-corrected chi connectivity index (χ2v) is 5.56. The summed E-state index contributed by atoms with van der Waals surface area (Å²) in [5, 5.41) is 0. The van der Waals surface area contributed by atoms with Gasteiger partial charge in [0.1, 0.15) is 5.69 Å². The van der Waals surface area contributed by atoms with Crippen molar-refractivity contribution in [2.45, 2.75) is 18.9 Å². The molecule has 1 aromatic heterocycles.